The van der Waals surface area contributed by atoms with E-state index in [0.717, 1.165) is 10.5 Å². The van der Waals surface area contributed by atoms with Gasteiger partial charge in [0.1, 0.15) is 17.9 Å². The maximum absolute atomic E-state index is 17.0. The van der Waals surface area contributed by atoms with Crippen molar-refractivity contribution in [1.82, 2.24) is 4.90 Å². The zero-order valence-corrected chi connectivity index (χ0v) is 40.5. The quantitative estimate of drug-likeness (QED) is 0.156. The second-order valence-corrected chi connectivity index (χ2v) is 19.5. The first-order chi connectivity index (χ1) is 30.7. The van der Waals surface area contributed by atoms with Crippen LogP contribution in [0.25, 0.3) is 0 Å². The normalized spacial score (nSPS) is 40.4. The summed E-state index contributed by atoms with van der Waals surface area (Å²) in [5.41, 5.74) is 0.981. The summed E-state index contributed by atoms with van der Waals surface area (Å²) in [6, 6.07) is -1.21. The number of rotatable bonds is 6. The molecule has 0 radical (unpaired) electrons. The van der Waals surface area contributed by atoms with Crippen LogP contribution in [0.4, 0.5) is 8.78 Å². The number of ketones is 3. The van der Waals surface area contributed by atoms with Gasteiger partial charge in [-0.1, -0.05) is 71.1 Å². The van der Waals surface area contributed by atoms with E-state index in [9.17, 15) is 29.1 Å². The first kappa shape index (κ1) is 54.2. The molecule has 0 aromatic heterocycles. The molecule has 1 saturated carbocycles. The van der Waals surface area contributed by atoms with Crippen LogP contribution in [0.5, 0.6) is 0 Å². The molecule has 1 amide bonds. The molecule has 1 aliphatic carbocycles. The molecule has 4 aliphatic rings. The van der Waals surface area contributed by atoms with Gasteiger partial charge in [0.2, 0.25) is 0 Å². The Morgan fingerprint density at radius 2 is 1.60 bits per heavy atom. The molecule has 65 heavy (non-hydrogen) atoms. The molecule has 0 aromatic carbocycles. The third kappa shape index (κ3) is 14.3. The summed E-state index contributed by atoms with van der Waals surface area (Å²) in [7, 11) is 4.38. The molecular weight excluding hydrogens is 841 g/mol. The highest BCUT2D eigenvalue weighted by Crippen LogP contribution is 2.40. The van der Waals surface area contributed by atoms with Crippen LogP contribution in [-0.4, -0.2) is 122 Å². The number of aliphatic hydroxyl groups excluding tert-OH is 1. The zero-order chi connectivity index (χ0) is 48.2. The number of carbonyl (C=O) groups excluding carboxylic acids is 5. The van der Waals surface area contributed by atoms with Crippen molar-refractivity contribution in [3.8, 4) is 0 Å². The topological polar surface area (TPSA) is 155 Å². The molecule has 4 unspecified atom stereocenters. The highest BCUT2D eigenvalue weighted by atomic mass is 19.2. The van der Waals surface area contributed by atoms with Crippen molar-refractivity contribution >= 4 is 29.2 Å². The minimum Gasteiger partial charge on any atom is -0.460 e. The lowest BCUT2D eigenvalue weighted by atomic mass is 9.78. The highest BCUT2D eigenvalue weighted by molar-refractivity contribution is 6.39. The smallest absolute Gasteiger partial charge is 0.329 e. The lowest BCUT2D eigenvalue weighted by Crippen LogP contribution is -2.59. The van der Waals surface area contributed by atoms with Gasteiger partial charge in [-0.25, -0.2) is 13.6 Å². The number of hydrogen-bond acceptors (Lipinski definition) is 11. The Bertz CT molecular complexity index is 1760. The molecular formula is C51H77F2NO11. The number of hydrogen-bond donors (Lipinski definition) is 1. The summed E-state index contributed by atoms with van der Waals surface area (Å²) < 4.78 is 62.1. The molecule has 3 heterocycles. The summed E-state index contributed by atoms with van der Waals surface area (Å²) in [6.45, 7) is 12.2. The fourth-order valence-electron chi connectivity index (χ4n) is 10.1. The predicted molar refractivity (Wildman–Crippen MR) is 243 cm³/mol. The number of fused-ring (bicyclic) bond motifs is 3. The molecule has 3 fully saturated rings. The SMILES string of the molecule is CO[C@H]1C[C@@H]2CC[C@@H](C)C(F)(O2)C(=O)C(=O)N2CCCCC2C(=O)O[C@H]([C@H](C)CC2CC[C@@H](O)[C@H](OC)C2)CC(=O)[C@H](C)/C=C(\C)C(F)[C@@H](OC)C(=O)[C@H](C)C[C@H](C)/C=C/C=C/C=C/1C. The second kappa shape index (κ2) is 25.1. The number of ether oxygens (including phenoxy) is 5. The lowest BCUT2D eigenvalue weighted by Gasteiger charge is -2.41. The van der Waals surface area contributed by atoms with Crippen molar-refractivity contribution in [3.05, 3.63) is 47.6 Å². The van der Waals surface area contributed by atoms with Crippen LogP contribution in [0, 0.1) is 35.5 Å². The fraction of sp³-hybridized carbons (Fsp3) is 0.745. The van der Waals surface area contributed by atoms with Crippen LogP contribution in [0.3, 0.4) is 0 Å². The van der Waals surface area contributed by atoms with Gasteiger partial charge in [-0.2, -0.15) is 0 Å². The Hall–Kier alpha value is -3.43. The molecule has 12 nitrogen and oxygen atoms in total. The molecule has 366 valence electrons. The largest absolute Gasteiger partial charge is 0.460 e. The number of aliphatic hydroxyl groups is 1. The first-order valence-corrected chi connectivity index (χ1v) is 23.8. The van der Waals surface area contributed by atoms with Crippen molar-refractivity contribution in [1.29, 1.82) is 0 Å². The number of nitrogens with zero attached hydrogens (tertiary/aromatic N) is 1. The monoisotopic (exact) mass is 918 g/mol. The van der Waals surface area contributed by atoms with Crippen LogP contribution in [0.15, 0.2) is 47.6 Å². The summed E-state index contributed by atoms with van der Waals surface area (Å²) >= 11 is 0. The minimum atomic E-state index is -2.94. The van der Waals surface area contributed by atoms with E-state index in [1.54, 1.807) is 21.0 Å². The Morgan fingerprint density at radius 3 is 2.28 bits per heavy atom. The Morgan fingerprint density at radius 1 is 0.877 bits per heavy atom. The van der Waals surface area contributed by atoms with Gasteiger partial charge in [-0.3, -0.25) is 19.2 Å². The third-order valence-corrected chi connectivity index (χ3v) is 14.4. The maximum atomic E-state index is 17.0. The molecule has 0 aromatic rings. The van der Waals surface area contributed by atoms with Crippen LogP contribution >= 0.6 is 0 Å². The lowest BCUT2D eigenvalue weighted by molar-refractivity contribution is -0.231. The van der Waals surface area contributed by atoms with E-state index in [-0.39, 0.29) is 73.2 Å². The van der Waals surface area contributed by atoms with E-state index in [2.05, 4.69) is 0 Å². The molecule has 1 N–H and O–H groups in total. The molecule has 2 bridgehead atoms. The number of methoxy groups -OCH3 is 3. The number of carbonyl (C=O) groups is 5. The van der Waals surface area contributed by atoms with Crippen molar-refractivity contribution < 1.29 is 61.5 Å². The number of halogens is 2. The van der Waals surface area contributed by atoms with Gasteiger partial charge in [-0.15, -0.1) is 0 Å². The number of allylic oxidation sites excluding steroid dienone is 6. The van der Waals surface area contributed by atoms with Crippen LogP contribution in [0.2, 0.25) is 0 Å². The minimum absolute atomic E-state index is 0.0206. The van der Waals surface area contributed by atoms with Crippen LogP contribution < -0.4 is 0 Å². The highest BCUT2D eigenvalue weighted by Gasteiger charge is 2.55. The van der Waals surface area contributed by atoms with E-state index in [4.69, 9.17) is 23.7 Å². The van der Waals surface area contributed by atoms with E-state index < -0.39 is 84.0 Å². The third-order valence-electron chi connectivity index (χ3n) is 14.4. The maximum Gasteiger partial charge on any atom is 0.329 e. The van der Waals surface area contributed by atoms with E-state index in [0.29, 0.717) is 51.4 Å². The predicted octanol–water partition coefficient (Wildman–Crippen LogP) is 8.14. The van der Waals surface area contributed by atoms with Gasteiger partial charge in [0.15, 0.2) is 18.1 Å². The molecule has 4 rings (SSSR count). The Labute approximate surface area is 385 Å². The number of piperidine rings is 1. The van der Waals surface area contributed by atoms with Crippen LogP contribution in [0.1, 0.15) is 126 Å². The van der Waals surface area contributed by atoms with E-state index >= 15 is 8.78 Å². The Kier molecular flexibility index (Phi) is 20.9. The van der Waals surface area contributed by atoms with Gasteiger partial charge >= 0.3 is 5.97 Å². The van der Waals surface area contributed by atoms with Crippen molar-refractivity contribution in [2.75, 3.05) is 27.9 Å². The van der Waals surface area contributed by atoms with E-state index in [1.165, 1.54) is 34.1 Å². The van der Waals surface area contributed by atoms with Gasteiger partial charge in [-0.05, 0) is 107 Å². The van der Waals surface area contributed by atoms with Gasteiger partial charge in [0.05, 0.1) is 24.4 Å². The summed E-state index contributed by atoms with van der Waals surface area (Å²) in [4.78, 5) is 71.3. The van der Waals surface area contributed by atoms with Gasteiger partial charge < -0.3 is 33.7 Å². The average molecular weight is 918 g/mol. The second-order valence-electron chi connectivity index (χ2n) is 19.5. The summed E-state index contributed by atoms with van der Waals surface area (Å²) in [5.74, 6) is -9.64. The summed E-state index contributed by atoms with van der Waals surface area (Å²) in [5, 5.41) is 10.5. The van der Waals surface area contributed by atoms with Crippen molar-refractivity contribution in [2.45, 2.75) is 180 Å². The average Bonchev–Trinajstić information content (AvgIpc) is 3.28. The molecule has 0 spiro atoms. The van der Waals surface area contributed by atoms with Crippen LogP contribution in [-0.2, 0) is 47.7 Å². The number of cyclic esters (lactones) is 1. The fourth-order valence-corrected chi connectivity index (χ4v) is 10.1. The molecule has 3 aliphatic heterocycles. The van der Waals surface area contributed by atoms with Crippen molar-refractivity contribution in [3.63, 3.8) is 0 Å². The number of alkyl halides is 2. The number of Topliss-reactive ketones (excluding diaryl/α,β-unsaturated/α-hetero) is 3. The zero-order valence-electron chi connectivity index (χ0n) is 40.5. The van der Waals surface area contributed by atoms with Crippen molar-refractivity contribution in [2.24, 2.45) is 35.5 Å². The summed E-state index contributed by atoms with van der Waals surface area (Å²) in [6.07, 6.45) is 9.11. The first-order valence-electron chi connectivity index (χ1n) is 23.8. The molecule has 14 heteroatoms. The van der Waals surface area contributed by atoms with E-state index in [1.807, 2.05) is 51.2 Å². The van der Waals surface area contributed by atoms with Gasteiger partial charge in [0, 0.05) is 58.5 Å². The molecule has 2 saturated heterocycles. The standard InChI is InChI=1S/C51H77F2NO11/c1-30-16-12-11-13-17-31(2)42(61-8)28-38-21-19-36(7)51(53,65-38)48(58)49(59)54-23-15-14-18-39(54)50(60)64-43(33(4)26-37-20-22-40(55)44(27-37)62-9)29-41(56)32(3)25-34(5)45(52)47(63-10)46(57)35(6)24-30/h11-13,16-17,25,30,32-33,35-40,42-45,47,55H,14-15,18-24,26-29H2,1-10H3/b13-11+,16-12+,31-17+,34-25+/t30-,32-,33-,35-,36-,37?,38+,39?,40-,42+,43+,44-,45?,47-,51?/m1/s1. The Balaban J connectivity index is 1.70. The number of amides is 1. The number of esters is 1. The van der Waals surface area contributed by atoms with Gasteiger partial charge in [0.25, 0.3) is 17.5 Å². The molecule has 15 atom stereocenters.